The summed E-state index contributed by atoms with van der Waals surface area (Å²) in [5.41, 5.74) is 1.67. The van der Waals surface area contributed by atoms with Crippen LogP contribution in [0.5, 0.6) is 0 Å². The molecule has 0 aliphatic carbocycles. The van der Waals surface area contributed by atoms with Gasteiger partial charge in [-0.15, -0.1) is 0 Å². The SMILES string of the molecule is CC[C@H](C)NC(=O)NC(=O)COC(=O)c1ccc2noc(-c3ccccc3)c2c1. The lowest BCUT2D eigenvalue weighted by molar-refractivity contribution is -0.123. The number of benzene rings is 2. The van der Waals surface area contributed by atoms with Crippen molar-refractivity contribution >= 4 is 28.8 Å². The van der Waals surface area contributed by atoms with Gasteiger partial charge in [-0.1, -0.05) is 42.4 Å². The molecule has 8 nitrogen and oxygen atoms in total. The van der Waals surface area contributed by atoms with Crippen molar-refractivity contribution in [2.24, 2.45) is 0 Å². The number of amides is 3. The third kappa shape index (κ3) is 4.98. The summed E-state index contributed by atoms with van der Waals surface area (Å²) in [6.07, 6.45) is 0.729. The average molecular weight is 395 g/mol. The molecule has 0 aliphatic rings. The average Bonchev–Trinajstić information content (AvgIpc) is 3.15. The maximum Gasteiger partial charge on any atom is 0.338 e. The van der Waals surface area contributed by atoms with Gasteiger partial charge in [0.25, 0.3) is 5.91 Å². The lowest BCUT2D eigenvalue weighted by Gasteiger charge is -2.11. The van der Waals surface area contributed by atoms with Gasteiger partial charge in [-0.05, 0) is 31.5 Å². The summed E-state index contributed by atoms with van der Waals surface area (Å²) < 4.78 is 10.4. The molecule has 2 N–H and O–H groups in total. The van der Waals surface area contributed by atoms with E-state index in [-0.39, 0.29) is 11.6 Å². The quantitative estimate of drug-likeness (QED) is 0.620. The highest BCUT2D eigenvalue weighted by atomic mass is 16.5. The highest BCUT2D eigenvalue weighted by Gasteiger charge is 2.16. The van der Waals surface area contributed by atoms with Gasteiger partial charge in [0.05, 0.1) is 10.9 Å². The number of aromatic nitrogens is 1. The molecule has 0 bridgehead atoms. The first-order valence-corrected chi connectivity index (χ1v) is 9.20. The molecular weight excluding hydrogens is 374 g/mol. The zero-order valence-electron chi connectivity index (χ0n) is 16.1. The van der Waals surface area contributed by atoms with Crippen LogP contribution in [0.15, 0.2) is 53.1 Å². The van der Waals surface area contributed by atoms with Crippen LogP contribution >= 0.6 is 0 Å². The standard InChI is InChI=1S/C21H21N3O5/c1-3-13(2)22-21(27)23-18(25)12-28-20(26)15-9-10-17-16(11-15)19(29-24-17)14-7-5-4-6-8-14/h4-11,13H,3,12H2,1-2H3,(H2,22,23,25,27)/t13-/m0/s1. The molecule has 0 fully saturated rings. The molecule has 1 heterocycles. The molecule has 1 aromatic heterocycles. The van der Waals surface area contributed by atoms with Crippen molar-refractivity contribution in [2.45, 2.75) is 26.3 Å². The molecule has 0 spiro atoms. The molecule has 3 aromatic rings. The van der Waals surface area contributed by atoms with E-state index < -0.39 is 24.5 Å². The Labute approximate surface area is 167 Å². The molecule has 8 heteroatoms. The smallest absolute Gasteiger partial charge is 0.338 e. The number of imide groups is 1. The van der Waals surface area contributed by atoms with Gasteiger partial charge in [0.1, 0.15) is 5.52 Å². The Morgan fingerprint density at radius 2 is 1.90 bits per heavy atom. The van der Waals surface area contributed by atoms with Crippen LogP contribution in [-0.2, 0) is 9.53 Å². The Kier molecular flexibility index (Phi) is 6.23. The summed E-state index contributed by atoms with van der Waals surface area (Å²) in [6.45, 7) is 3.15. The number of nitrogens with zero attached hydrogens (tertiary/aromatic N) is 1. The van der Waals surface area contributed by atoms with E-state index in [1.807, 2.05) is 44.2 Å². The fraction of sp³-hybridized carbons (Fsp3) is 0.238. The first-order chi connectivity index (χ1) is 14.0. The maximum absolute atomic E-state index is 12.3. The second-order valence-electron chi connectivity index (χ2n) is 6.52. The number of carbonyl (C=O) groups excluding carboxylic acids is 3. The molecule has 0 saturated carbocycles. The number of hydrogen-bond donors (Lipinski definition) is 2. The summed E-state index contributed by atoms with van der Waals surface area (Å²) in [7, 11) is 0. The predicted octanol–water partition coefficient (Wildman–Crippen LogP) is 3.28. The monoisotopic (exact) mass is 395 g/mol. The zero-order valence-corrected chi connectivity index (χ0v) is 16.1. The molecule has 0 saturated heterocycles. The maximum atomic E-state index is 12.3. The number of urea groups is 1. The minimum absolute atomic E-state index is 0.0699. The van der Waals surface area contributed by atoms with Crippen LogP contribution in [0, 0.1) is 0 Å². The topological polar surface area (TPSA) is 111 Å². The van der Waals surface area contributed by atoms with Gasteiger partial charge in [0.2, 0.25) is 0 Å². The van der Waals surface area contributed by atoms with E-state index in [4.69, 9.17) is 9.26 Å². The van der Waals surface area contributed by atoms with Crippen LogP contribution in [0.2, 0.25) is 0 Å². The van der Waals surface area contributed by atoms with E-state index in [2.05, 4.69) is 15.8 Å². The Morgan fingerprint density at radius 3 is 2.62 bits per heavy atom. The summed E-state index contributed by atoms with van der Waals surface area (Å²) in [5, 5.41) is 9.36. The van der Waals surface area contributed by atoms with Crippen molar-refractivity contribution in [3.8, 4) is 11.3 Å². The second-order valence-corrected chi connectivity index (χ2v) is 6.52. The third-order valence-electron chi connectivity index (χ3n) is 4.33. The van der Waals surface area contributed by atoms with Crippen LogP contribution in [0.3, 0.4) is 0 Å². The Bertz CT molecular complexity index is 1030. The van der Waals surface area contributed by atoms with Crippen LogP contribution < -0.4 is 10.6 Å². The minimum Gasteiger partial charge on any atom is -0.452 e. The highest BCUT2D eigenvalue weighted by molar-refractivity contribution is 6.00. The van der Waals surface area contributed by atoms with Crippen molar-refractivity contribution in [2.75, 3.05) is 6.61 Å². The molecule has 3 amide bonds. The van der Waals surface area contributed by atoms with Crippen LogP contribution in [0.1, 0.15) is 30.6 Å². The van der Waals surface area contributed by atoms with Crippen LogP contribution in [0.25, 0.3) is 22.2 Å². The summed E-state index contributed by atoms with van der Waals surface area (Å²) in [5.74, 6) is -0.866. The van der Waals surface area contributed by atoms with Crippen molar-refractivity contribution < 1.29 is 23.6 Å². The van der Waals surface area contributed by atoms with Crippen molar-refractivity contribution in [1.82, 2.24) is 15.8 Å². The number of rotatable bonds is 6. The third-order valence-corrected chi connectivity index (χ3v) is 4.33. The zero-order chi connectivity index (χ0) is 20.8. The summed E-state index contributed by atoms with van der Waals surface area (Å²) in [4.78, 5) is 35.7. The van der Waals surface area contributed by atoms with Gasteiger partial charge in [0.15, 0.2) is 12.4 Å². The largest absolute Gasteiger partial charge is 0.452 e. The normalized spacial score (nSPS) is 11.7. The second kappa shape index (κ2) is 9.01. The number of ether oxygens (including phenoxy) is 1. The van der Waals surface area contributed by atoms with Crippen LogP contribution in [0.4, 0.5) is 4.79 Å². The highest BCUT2D eigenvalue weighted by Crippen LogP contribution is 2.29. The molecule has 150 valence electrons. The van der Waals surface area contributed by atoms with Crippen molar-refractivity contribution in [3.05, 3.63) is 54.1 Å². The Morgan fingerprint density at radius 1 is 1.14 bits per heavy atom. The van der Waals surface area contributed by atoms with E-state index in [9.17, 15) is 14.4 Å². The molecule has 1 atom stereocenters. The molecule has 29 heavy (non-hydrogen) atoms. The molecule has 3 rings (SSSR count). The fourth-order valence-electron chi connectivity index (χ4n) is 2.61. The lowest BCUT2D eigenvalue weighted by Crippen LogP contribution is -2.44. The van der Waals surface area contributed by atoms with Crippen molar-refractivity contribution in [1.29, 1.82) is 0 Å². The molecule has 2 aromatic carbocycles. The summed E-state index contributed by atoms with van der Waals surface area (Å²) >= 11 is 0. The van der Waals surface area contributed by atoms with Gasteiger partial charge in [-0.3, -0.25) is 10.1 Å². The van der Waals surface area contributed by atoms with Crippen molar-refractivity contribution in [3.63, 3.8) is 0 Å². The molecule has 0 radical (unpaired) electrons. The number of hydrogen-bond acceptors (Lipinski definition) is 6. The number of carbonyl (C=O) groups is 3. The first-order valence-electron chi connectivity index (χ1n) is 9.20. The predicted molar refractivity (Wildman–Crippen MR) is 106 cm³/mol. The summed E-state index contributed by atoms with van der Waals surface area (Å²) in [6, 6.07) is 13.5. The van der Waals surface area contributed by atoms with Gasteiger partial charge in [0, 0.05) is 11.6 Å². The number of esters is 1. The van der Waals surface area contributed by atoms with E-state index in [1.54, 1.807) is 12.1 Å². The van der Waals surface area contributed by atoms with Gasteiger partial charge in [-0.25, -0.2) is 9.59 Å². The Balaban J connectivity index is 1.65. The van der Waals surface area contributed by atoms with Gasteiger partial charge in [-0.2, -0.15) is 0 Å². The minimum atomic E-state index is -0.713. The lowest BCUT2D eigenvalue weighted by atomic mass is 10.1. The van der Waals surface area contributed by atoms with E-state index in [0.717, 1.165) is 12.0 Å². The van der Waals surface area contributed by atoms with E-state index in [0.29, 0.717) is 16.7 Å². The van der Waals surface area contributed by atoms with E-state index >= 15 is 0 Å². The Hall–Kier alpha value is -3.68. The number of fused-ring (bicyclic) bond motifs is 1. The van der Waals surface area contributed by atoms with Crippen LogP contribution in [-0.4, -0.2) is 35.7 Å². The van der Waals surface area contributed by atoms with Gasteiger partial charge < -0.3 is 14.6 Å². The molecule has 0 unspecified atom stereocenters. The molecule has 0 aliphatic heterocycles. The fourth-order valence-corrected chi connectivity index (χ4v) is 2.61. The van der Waals surface area contributed by atoms with E-state index in [1.165, 1.54) is 6.07 Å². The van der Waals surface area contributed by atoms with Gasteiger partial charge >= 0.3 is 12.0 Å². The molecular formula is C21H21N3O5. The first kappa shape index (κ1) is 20.1. The number of nitrogens with one attached hydrogen (secondary N) is 2.